The number of nitrogens with one attached hydrogen (secondary N) is 1. The molecule has 1 N–H and O–H groups in total. The summed E-state index contributed by atoms with van der Waals surface area (Å²) in [4.78, 5) is 56.2. The van der Waals surface area contributed by atoms with Gasteiger partial charge in [0.2, 0.25) is 11.8 Å². The van der Waals surface area contributed by atoms with Crippen molar-refractivity contribution in [1.29, 1.82) is 0 Å². The summed E-state index contributed by atoms with van der Waals surface area (Å²) in [5, 5.41) is 3.84. The highest BCUT2D eigenvalue weighted by atomic mass is 35.5. The molecule has 0 bridgehead atoms. The molecule has 45 heavy (non-hydrogen) atoms. The van der Waals surface area contributed by atoms with Gasteiger partial charge >= 0.3 is 0 Å². The summed E-state index contributed by atoms with van der Waals surface area (Å²) in [6.45, 7) is 4.37. The van der Waals surface area contributed by atoms with Crippen molar-refractivity contribution in [2.45, 2.75) is 57.5 Å². The maximum atomic E-state index is 14.0. The van der Waals surface area contributed by atoms with E-state index in [1.165, 1.54) is 11.6 Å². The molecule has 0 saturated carbocycles. The van der Waals surface area contributed by atoms with E-state index in [9.17, 15) is 19.2 Å². The highest BCUT2D eigenvalue weighted by molar-refractivity contribution is 6.30. The lowest BCUT2D eigenvalue weighted by Gasteiger charge is -2.35. The van der Waals surface area contributed by atoms with Crippen LogP contribution in [0.15, 0.2) is 82.0 Å². The topological polar surface area (TPSA) is 99.9 Å². The maximum Gasteiger partial charge on any atom is 0.287 e. The molecule has 0 radical (unpaired) electrons. The van der Waals surface area contributed by atoms with Gasteiger partial charge < -0.3 is 19.5 Å². The average Bonchev–Trinajstić information content (AvgIpc) is 3.45. The van der Waals surface area contributed by atoms with E-state index in [1.807, 2.05) is 47.1 Å². The van der Waals surface area contributed by atoms with Gasteiger partial charge in [-0.3, -0.25) is 19.2 Å². The Kier molecular flexibility index (Phi) is 9.03. The third-order valence-corrected chi connectivity index (χ3v) is 9.15. The number of amides is 3. The second kappa shape index (κ2) is 13.3. The van der Waals surface area contributed by atoms with Gasteiger partial charge in [0.25, 0.3) is 5.91 Å². The van der Waals surface area contributed by atoms with Crippen LogP contribution in [-0.4, -0.2) is 53.2 Å². The quantitative estimate of drug-likeness (QED) is 0.274. The molecule has 1 atom stereocenters. The summed E-state index contributed by atoms with van der Waals surface area (Å²) in [6, 6.07) is 21.0. The highest BCUT2D eigenvalue weighted by Gasteiger charge is 2.32. The van der Waals surface area contributed by atoms with Gasteiger partial charge in [0.1, 0.15) is 11.6 Å². The maximum absolute atomic E-state index is 14.0. The summed E-state index contributed by atoms with van der Waals surface area (Å²) in [5.74, 6) is -0.481. The lowest BCUT2D eigenvalue weighted by molar-refractivity contribution is -0.134. The Morgan fingerprint density at radius 2 is 1.73 bits per heavy atom. The number of aryl methyl sites for hydroxylation is 1. The molecule has 9 heteroatoms. The molecule has 4 aromatic rings. The number of benzene rings is 3. The Morgan fingerprint density at radius 3 is 2.47 bits per heavy atom. The molecule has 0 spiro atoms. The van der Waals surface area contributed by atoms with Gasteiger partial charge in [0, 0.05) is 50.1 Å². The minimum absolute atomic E-state index is 0.142. The normalized spacial score (nSPS) is 16.3. The minimum Gasteiger partial charge on any atom is -0.451 e. The lowest BCUT2D eigenvalue weighted by atomic mass is 9.86. The summed E-state index contributed by atoms with van der Waals surface area (Å²) in [6.07, 6.45) is 3.32. The van der Waals surface area contributed by atoms with Gasteiger partial charge in [-0.25, -0.2) is 0 Å². The van der Waals surface area contributed by atoms with Crippen LogP contribution in [0.3, 0.4) is 0 Å². The first kappa shape index (κ1) is 30.6. The van der Waals surface area contributed by atoms with Crippen LogP contribution in [0.1, 0.15) is 64.4 Å². The van der Waals surface area contributed by atoms with Crippen molar-refractivity contribution < 1.29 is 18.8 Å². The second-order valence-electron chi connectivity index (χ2n) is 12.0. The first-order valence-electron chi connectivity index (χ1n) is 15.5. The van der Waals surface area contributed by atoms with Crippen LogP contribution in [0.2, 0.25) is 5.02 Å². The number of piperidine rings is 1. The van der Waals surface area contributed by atoms with Crippen molar-refractivity contribution in [3.05, 3.63) is 116 Å². The molecule has 3 aromatic carbocycles. The number of carbonyl (C=O) groups is 3. The number of halogens is 1. The molecule has 0 aliphatic carbocycles. The standard InChI is InChI=1S/C36H36ClN3O5/c1-23-8-13-32-29(19-23)31(41)21-33(45-32)35(43)38-30(20-24-9-11-27(37)12-10-24)36(44)39-17-14-25(15-18-39)28-6-3-2-5-26(28)22-40-16-4-7-34(40)42/h2-3,5-6,8-13,19,21,25,30H,4,7,14-18,20,22H2,1H3,(H,38,43)/t30-/m1/s1. The smallest absolute Gasteiger partial charge is 0.287 e. The fourth-order valence-electron chi connectivity index (χ4n) is 6.45. The SMILES string of the molecule is Cc1ccc2oc(C(=O)N[C@H](Cc3ccc(Cl)cc3)C(=O)N3CCC(c4ccccc4CN4CCCC4=O)CC3)cc(=O)c2c1. The van der Waals surface area contributed by atoms with E-state index < -0.39 is 11.9 Å². The van der Waals surface area contributed by atoms with Crippen LogP contribution in [-0.2, 0) is 22.6 Å². The van der Waals surface area contributed by atoms with Gasteiger partial charge in [-0.15, -0.1) is 0 Å². The largest absolute Gasteiger partial charge is 0.451 e. The fraction of sp³-hybridized carbons (Fsp3) is 0.333. The highest BCUT2D eigenvalue weighted by Crippen LogP contribution is 2.32. The van der Waals surface area contributed by atoms with Crippen molar-refractivity contribution in [3.8, 4) is 0 Å². The monoisotopic (exact) mass is 625 g/mol. The Hall–Kier alpha value is -4.43. The first-order chi connectivity index (χ1) is 21.7. The molecule has 1 aromatic heterocycles. The molecule has 2 aliphatic rings. The number of rotatable bonds is 8. The third-order valence-electron chi connectivity index (χ3n) is 8.90. The first-order valence-corrected chi connectivity index (χ1v) is 15.9. The van der Waals surface area contributed by atoms with E-state index in [0.29, 0.717) is 42.0 Å². The molecule has 2 fully saturated rings. The van der Waals surface area contributed by atoms with Crippen molar-refractivity contribution in [1.82, 2.24) is 15.1 Å². The number of likely N-dealkylation sites (tertiary alicyclic amines) is 2. The molecule has 2 aliphatic heterocycles. The van der Waals surface area contributed by atoms with Crippen LogP contribution >= 0.6 is 11.6 Å². The van der Waals surface area contributed by atoms with Crippen molar-refractivity contribution in [2.24, 2.45) is 0 Å². The molecule has 2 saturated heterocycles. The zero-order valence-corrected chi connectivity index (χ0v) is 26.0. The molecule has 8 nitrogen and oxygen atoms in total. The number of hydrogen-bond donors (Lipinski definition) is 1. The van der Waals surface area contributed by atoms with Gasteiger partial charge in [-0.05, 0) is 73.1 Å². The Bertz CT molecular complexity index is 1790. The zero-order chi connectivity index (χ0) is 31.5. The molecule has 0 unspecified atom stereocenters. The summed E-state index contributed by atoms with van der Waals surface area (Å²) < 4.78 is 5.80. The van der Waals surface area contributed by atoms with E-state index in [1.54, 1.807) is 24.3 Å². The van der Waals surface area contributed by atoms with Gasteiger partial charge in [-0.2, -0.15) is 0 Å². The second-order valence-corrected chi connectivity index (χ2v) is 12.5. The van der Waals surface area contributed by atoms with Gasteiger partial charge in [-0.1, -0.05) is 59.6 Å². The van der Waals surface area contributed by atoms with E-state index >= 15 is 0 Å². The predicted molar refractivity (Wildman–Crippen MR) is 173 cm³/mol. The van der Waals surface area contributed by atoms with Crippen LogP contribution in [0.25, 0.3) is 11.0 Å². The number of hydrogen-bond acceptors (Lipinski definition) is 5. The van der Waals surface area contributed by atoms with Crippen molar-refractivity contribution in [3.63, 3.8) is 0 Å². The van der Waals surface area contributed by atoms with Gasteiger partial charge in [0.15, 0.2) is 11.2 Å². The summed E-state index contributed by atoms with van der Waals surface area (Å²) in [5.41, 5.74) is 4.15. The Morgan fingerprint density at radius 1 is 0.978 bits per heavy atom. The number of nitrogens with zero attached hydrogens (tertiary/aromatic N) is 2. The minimum atomic E-state index is -0.872. The molecular weight excluding hydrogens is 590 g/mol. The average molecular weight is 626 g/mol. The molecule has 3 amide bonds. The van der Waals surface area contributed by atoms with Crippen molar-refractivity contribution >= 4 is 40.3 Å². The van der Waals surface area contributed by atoms with Crippen LogP contribution < -0.4 is 10.7 Å². The Balaban J connectivity index is 1.18. The third kappa shape index (κ3) is 6.96. The van der Waals surface area contributed by atoms with E-state index in [2.05, 4.69) is 17.4 Å². The summed E-state index contributed by atoms with van der Waals surface area (Å²) >= 11 is 6.09. The van der Waals surface area contributed by atoms with E-state index in [-0.39, 0.29) is 35.3 Å². The number of fused-ring (bicyclic) bond motifs is 1. The van der Waals surface area contributed by atoms with Crippen LogP contribution in [0.5, 0.6) is 0 Å². The van der Waals surface area contributed by atoms with Crippen LogP contribution in [0, 0.1) is 6.92 Å². The Labute approximate surface area is 267 Å². The molecule has 3 heterocycles. The van der Waals surface area contributed by atoms with E-state index in [0.717, 1.165) is 42.5 Å². The fourth-order valence-corrected chi connectivity index (χ4v) is 6.58. The van der Waals surface area contributed by atoms with Crippen LogP contribution in [0.4, 0.5) is 0 Å². The molecule has 6 rings (SSSR count). The predicted octanol–water partition coefficient (Wildman–Crippen LogP) is 5.62. The van der Waals surface area contributed by atoms with Gasteiger partial charge in [0.05, 0.1) is 5.39 Å². The number of carbonyl (C=O) groups excluding carboxylic acids is 3. The van der Waals surface area contributed by atoms with E-state index in [4.69, 9.17) is 16.0 Å². The summed E-state index contributed by atoms with van der Waals surface area (Å²) in [7, 11) is 0. The zero-order valence-electron chi connectivity index (χ0n) is 25.3. The lowest BCUT2D eigenvalue weighted by Crippen LogP contribution is -2.51. The van der Waals surface area contributed by atoms with Crippen molar-refractivity contribution in [2.75, 3.05) is 19.6 Å². The molecular formula is C36H36ClN3O5. The molecule has 232 valence electrons.